The van der Waals surface area contributed by atoms with Crippen molar-refractivity contribution < 1.29 is 13.9 Å². The summed E-state index contributed by atoms with van der Waals surface area (Å²) in [5, 5.41) is 3.03. The van der Waals surface area contributed by atoms with Gasteiger partial charge in [0.2, 0.25) is 5.91 Å². The number of nitrogens with one attached hydrogen (secondary N) is 1. The smallest absolute Gasteiger partial charge is 0.226 e. The molecule has 4 nitrogen and oxygen atoms in total. The maximum atomic E-state index is 13.0. The first-order chi connectivity index (χ1) is 10.0. The van der Waals surface area contributed by atoms with E-state index in [9.17, 15) is 9.18 Å². The van der Waals surface area contributed by atoms with Gasteiger partial charge >= 0.3 is 0 Å². The maximum absolute atomic E-state index is 13.0. The first-order valence-electron chi connectivity index (χ1n) is 7.35. The second-order valence-electron chi connectivity index (χ2n) is 5.69. The third-order valence-corrected chi connectivity index (χ3v) is 3.75. The van der Waals surface area contributed by atoms with Crippen LogP contribution >= 0.6 is 0 Å². The Hall–Kier alpha value is -1.46. The minimum absolute atomic E-state index is 0.0282. The normalized spacial score (nSPS) is 23.9. The Bertz CT molecular complexity index is 478. The topological polar surface area (TPSA) is 41.6 Å². The summed E-state index contributed by atoms with van der Waals surface area (Å²) in [6.45, 7) is 5.66. The van der Waals surface area contributed by atoms with Crippen molar-refractivity contribution in [1.82, 2.24) is 10.2 Å². The molecule has 1 fully saturated rings. The van der Waals surface area contributed by atoms with Gasteiger partial charge in [0.15, 0.2) is 0 Å². The van der Waals surface area contributed by atoms with Crippen molar-refractivity contribution in [3.05, 3.63) is 35.6 Å². The van der Waals surface area contributed by atoms with Gasteiger partial charge in [-0.05, 0) is 31.7 Å². The van der Waals surface area contributed by atoms with E-state index in [1.807, 2.05) is 25.8 Å². The summed E-state index contributed by atoms with van der Waals surface area (Å²) in [5.74, 6) is -0.195. The fraction of sp³-hybridized carbons (Fsp3) is 0.562. The molecule has 1 N–H and O–H groups in total. The highest BCUT2D eigenvalue weighted by molar-refractivity contribution is 5.79. The van der Waals surface area contributed by atoms with Crippen molar-refractivity contribution in [3.8, 4) is 0 Å². The minimum Gasteiger partial charge on any atom is -0.367 e. The number of carbonyl (C=O) groups is 1. The molecule has 3 atom stereocenters. The van der Waals surface area contributed by atoms with Crippen LogP contribution in [0, 0.1) is 11.7 Å². The summed E-state index contributed by atoms with van der Waals surface area (Å²) in [4.78, 5) is 14.3. The predicted octanol–water partition coefficient (Wildman–Crippen LogP) is 1.97. The van der Waals surface area contributed by atoms with Crippen molar-refractivity contribution in [2.45, 2.75) is 26.1 Å². The van der Waals surface area contributed by atoms with Crippen LogP contribution in [0.1, 0.15) is 25.5 Å². The summed E-state index contributed by atoms with van der Waals surface area (Å²) < 4.78 is 18.9. The molecule has 2 rings (SSSR count). The number of ether oxygens (including phenoxy) is 1. The lowest BCUT2D eigenvalue weighted by Gasteiger charge is -2.38. The third-order valence-electron chi connectivity index (χ3n) is 3.75. The summed E-state index contributed by atoms with van der Waals surface area (Å²) in [6, 6.07) is 6.29. The molecule has 0 saturated carbocycles. The van der Waals surface area contributed by atoms with Crippen LogP contribution in [0.5, 0.6) is 0 Å². The third kappa shape index (κ3) is 4.02. The predicted molar refractivity (Wildman–Crippen MR) is 79.4 cm³/mol. The molecule has 5 heteroatoms. The van der Waals surface area contributed by atoms with E-state index >= 15 is 0 Å². The number of halogens is 1. The molecule has 116 valence electrons. The molecule has 21 heavy (non-hydrogen) atoms. The van der Waals surface area contributed by atoms with Gasteiger partial charge in [-0.25, -0.2) is 4.39 Å². The van der Waals surface area contributed by atoms with E-state index in [-0.39, 0.29) is 29.9 Å². The van der Waals surface area contributed by atoms with E-state index in [1.165, 1.54) is 12.1 Å². The van der Waals surface area contributed by atoms with Gasteiger partial charge in [0.25, 0.3) is 0 Å². The fourth-order valence-electron chi connectivity index (χ4n) is 2.70. The van der Waals surface area contributed by atoms with Gasteiger partial charge in [-0.1, -0.05) is 19.1 Å². The van der Waals surface area contributed by atoms with Gasteiger partial charge in [-0.2, -0.15) is 0 Å². The first kappa shape index (κ1) is 15.9. The molecule has 0 spiro atoms. The Morgan fingerprint density at radius 1 is 1.43 bits per heavy atom. The molecule has 1 aromatic carbocycles. The lowest BCUT2D eigenvalue weighted by molar-refractivity contribution is -0.148. The van der Waals surface area contributed by atoms with Crippen molar-refractivity contribution in [2.75, 3.05) is 26.7 Å². The molecule has 0 bridgehead atoms. The van der Waals surface area contributed by atoms with Gasteiger partial charge in [-0.3, -0.25) is 4.79 Å². The molecule has 1 aliphatic rings. The van der Waals surface area contributed by atoms with Gasteiger partial charge < -0.3 is 15.0 Å². The zero-order valence-corrected chi connectivity index (χ0v) is 12.8. The van der Waals surface area contributed by atoms with Gasteiger partial charge in [0.1, 0.15) is 11.9 Å². The van der Waals surface area contributed by atoms with Crippen molar-refractivity contribution in [1.29, 1.82) is 0 Å². The minimum atomic E-state index is -0.266. The van der Waals surface area contributed by atoms with Crippen LogP contribution < -0.4 is 5.32 Å². The number of hydrogen-bond acceptors (Lipinski definition) is 3. The largest absolute Gasteiger partial charge is 0.367 e. The van der Waals surface area contributed by atoms with Gasteiger partial charge in [0.05, 0.1) is 12.6 Å². The van der Waals surface area contributed by atoms with Crippen LogP contribution in [0.3, 0.4) is 0 Å². The van der Waals surface area contributed by atoms with Crippen molar-refractivity contribution in [3.63, 3.8) is 0 Å². The second kappa shape index (κ2) is 7.00. The number of hydrogen-bond donors (Lipinski definition) is 1. The van der Waals surface area contributed by atoms with Crippen LogP contribution in [0.15, 0.2) is 24.3 Å². The Morgan fingerprint density at radius 2 is 2.10 bits per heavy atom. The molecule has 1 amide bonds. The number of morpholine rings is 1. The molecule has 0 radical (unpaired) electrons. The number of amides is 1. The zero-order chi connectivity index (χ0) is 15.4. The van der Waals surface area contributed by atoms with Crippen molar-refractivity contribution >= 4 is 5.91 Å². The summed E-state index contributed by atoms with van der Waals surface area (Å²) >= 11 is 0. The Balaban J connectivity index is 2.08. The van der Waals surface area contributed by atoms with Gasteiger partial charge in [-0.15, -0.1) is 0 Å². The fourth-order valence-corrected chi connectivity index (χ4v) is 2.70. The van der Waals surface area contributed by atoms with E-state index in [2.05, 4.69) is 5.32 Å². The van der Waals surface area contributed by atoms with E-state index < -0.39 is 0 Å². The molecular formula is C16H23FN2O2. The van der Waals surface area contributed by atoms with Crippen LogP contribution in [0.2, 0.25) is 0 Å². The first-order valence-corrected chi connectivity index (χ1v) is 7.35. The Kier molecular flexibility index (Phi) is 5.31. The molecule has 1 saturated heterocycles. The summed E-state index contributed by atoms with van der Waals surface area (Å²) in [7, 11) is 1.84. The van der Waals surface area contributed by atoms with Gasteiger partial charge in [0, 0.05) is 19.0 Å². The highest BCUT2D eigenvalue weighted by Crippen LogP contribution is 2.26. The van der Waals surface area contributed by atoms with E-state index in [4.69, 9.17) is 4.74 Å². The van der Waals surface area contributed by atoms with E-state index in [1.54, 1.807) is 12.1 Å². The van der Waals surface area contributed by atoms with Crippen molar-refractivity contribution in [2.24, 2.45) is 5.92 Å². The molecule has 3 unspecified atom stereocenters. The average Bonchev–Trinajstić information content (AvgIpc) is 2.46. The van der Waals surface area contributed by atoms with E-state index in [0.717, 1.165) is 5.56 Å². The standard InChI is InChI=1S/C16H23FN2O2/c1-11(8-18-3)16(20)19-9-12(2)21-15(10-19)13-4-6-14(17)7-5-13/h4-7,11-12,15,18H,8-10H2,1-3H3. The highest BCUT2D eigenvalue weighted by atomic mass is 19.1. The highest BCUT2D eigenvalue weighted by Gasteiger charge is 2.31. The lowest BCUT2D eigenvalue weighted by Crippen LogP contribution is -2.48. The molecule has 1 aliphatic heterocycles. The second-order valence-corrected chi connectivity index (χ2v) is 5.69. The quantitative estimate of drug-likeness (QED) is 0.923. The SMILES string of the molecule is CNCC(C)C(=O)N1CC(C)OC(c2ccc(F)cc2)C1. The number of carbonyl (C=O) groups excluding carboxylic acids is 1. The molecule has 1 aromatic rings. The molecular weight excluding hydrogens is 271 g/mol. The Labute approximate surface area is 125 Å². The molecule has 0 aliphatic carbocycles. The lowest BCUT2D eigenvalue weighted by atomic mass is 10.0. The monoisotopic (exact) mass is 294 g/mol. The van der Waals surface area contributed by atoms with Crippen LogP contribution in [0.4, 0.5) is 4.39 Å². The zero-order valence-electron chi connectivity index (χ0n) is 12.8. The van der Waals surface area contributed by atoms with Crippen LogP contribution in [0.25, 0.3) is 0 Å². The number of benzene rings is 1. The maximum Gasteiger partial charge on any atom is 0.226 e. The Morgan fingerprint density at radius 3 is 2.71 bits per heavy atom. The number of rotatable bonds is 4. The number of nitrogens with zero attached hydrogens (tertiary/aromatic N) is 1. The average molecular weight is 294 g/mol. The summed E-state index contributed by atoms with van der Waals surface area (Å²) in [6.07, 6.45) is -0.223. The summed E-state index contributed by atoms with van der Waals surface area (Å²) in [5.41, 5.74) is 0.905. The molecule has 1 heterocycles. The van der Waals surface area contributed by atoms with Crippen LogP contribution in [-0.2, 0) is 9.53 Å². The molecule has 0 aromatic heterocycles. The van der Waals surface area contributed by atoms with E-state index in [0.29, 0.717) is 19.6 Å². The van der Waals surface area contributed by atoms with Crippen LogP contribution in [-0.4, -0.2) is 43.6 Å².